The summed E-state index contributed by atoms with van der Waals surface area (Å²) in [6.45, 7) is 7.26. The van der Waals surface area contributed by atoms with Crippen molar-refractivity contribution < 1.29 is 0 Å². The van der Waals surface area contributed by atoms with Crippen LogP contribution in [0, 0.1) is 0 Å². The molecule has 2 aromatic rings. The van der Waals surface area contributed by atoms with Gasteiger partial charge in [0.15, 0.2) is 0 Å². The molecule has 0 aliphatic rings. The Morgan fingerprint density at radius 2 is 1.75 bits per heavy atom. The van der Waals surface area contributed by atoms with E-state index in [1.54, 1.807) is 11.3 Å². The molecule has 108 valence electrons. The van der Waals surface area contributed by atoms with E-state index < -0.39 is 0 Å². The minimum Gasteiger partial charge on any atom is -0.326 e. The van der Waals surface area contributed by atoms with Gasteiger partial charge in [-0.3, -0.25) is 0 Å². The Hall–Kier alpha value is -1.19. The molecule has 0 saturated carbocycles. The average molecular weight is 288 g/mol. The minimum absolute atomic E-state index is 0.0310. The molecule has 0 unspecified atom stereocenters. The lowest BCUT2D eigenvalue weighted by atomic mass is 9.76. The molecule has 2 nitrogen and oxygen atoms in total. The Kier molecular flexibility index (Phi) is 4.95. The van der Waals surface area contributed by atoms with Crippen LogP contribution >= 0.6 is 11.3 Å². The summed E-state index contributed by atoms with van der Waals surface area (Å²) in [6.07, 6.45) is 3.09. The SMILES string of the molecule is CCc1nc(C(CC)(CC)c2ccccc2)sc1CN. The van der Waals surface area contributed by atoms with Crippen LogP contribution in [0.4, 0.5) is 0 Å². The van der Waals surface area contributed by atoms with E-state index >= 15 is 0 Å². The second-order valence-corrected chi connectivity index (χ2v) is 6.19. The largest absolute Gasteiger partial charge is 0.326 e. The lowest BCUT2D eigenvalue weighted by molar-refractivity contribution is 0.474. The van der Waals surface area contributed by atoms with E-state index in [0.717, 1.165) is 19.3 Å². The Balaban J connectivity index is 2.56. The number of aromatic nitrogens is 1. The van der Waals surface area contributed by atoms with Gasteiger partial charge in [-0.05, 0) is 24.8 Å². The van der Waals surface area contributed by atoms with Gasteiger partial charge in [-0.15, -0.1) is 11.3 Å². The molecule has 0 spiro atoms. The maximum Gasteiger partial charge on any atom is 0.104 e. The van der Waals surface area contributed by atoms with E-state index in [1.165, 1.54) is 21.1 Å². The van der Waals surface area contributed by atoms with Crippen LogP contribution in [0.2, 0.25) is 0 Å². The fourth-order valence-corrected chi connectivity index (χ4v) is 4.25. The predicted molar refractivity (Wildman–Crippen MR) is 87.2 cm³/mol. The summed E-state index contributed by atoms with van der Waals surface area (Å²) >= 11 is 1.80. The molecule has 0 bridgehead atoms. The van der Waals surface area contributed by atoms with Crippen molar-refractivity contribution in [2.24, 2.45) is 5.73 Å². The van der Waals surface area contributed by atoms with Crippen LogP contribution in [-0.2, 0) is 18.4 Å². The standard InChI is InChI=1S/C17H24N2S/c1-4-14-15(12-18)20-16(19-14)17(5-2,6-3)13-10-8-7-9-11-13/h7-11H,4-6,12,18H2,1-3H3. The highest BCUT2D eigenvalue weighted by molar-refractivity contribution is 7.12. The van der Waals surface area contributed by atoms with Gasteiger partial charge >= 0.3 is 0 Å². The molecule has 2 N–H and O–H groups in total. The highest BCUT2D eigenvalue weighted by Gasteiger charge is 2.34. The lowest BCUT2D eigenvalue weighted by Gasteiger charge is -2.30. The van der Waals surface area contributed by atoms with E-state index in [4.69, 9.17) is 10.7 Å². The summed E-state index contributed by atoms with van der Waals surface area (Å²) in [7, 11) is 0. The Labute approximate surface area is 126 Å². The highest BCUT2D eigenvalue weighted by Crippen LogP contribution is 2.41. The third-order valence-electron chi connectivity index (χ3n) is 4.24. The van der Waals surface area contributed by atoms with Gasteiger partial charge in [0.05, 0.1) is 5.69 Å². The Bertz CT molecular complexity index is 520. The summed E-state index contributed by atoms with van der Waals surface area (Å²) in [4.78, 5) is 6.17. The number of benzene rings is 1. The number of hydrogen-bond acceptors (Lipinski definition) is 3. The molecule has 0 fully saturated rings. The number of nitrogens with two attached hydrogens (primary N) is 1. The van der Waals surface area contributed by atoms with Crippen molar-refractivity contribution in [3.63, 3.8) is 0 Å². The molecule has 0 aliphatic heterocycles. The van der Waals surface area contributed by atoms with Gasteiger partial charge in [-0.2, -0.15) is 0 Å². The fourth-order valence-electron chi connectivity index (χ4n) is 2.87. The monoisotopic (exact) mass is 288 g/mol. The van der Waals surface area contributed by atoms with Crippen molar-refractivity contribution in [3.8, 4) is 0 Å². The zero-order valence-electron chi connectivity index (χ0n) is 12.6. The van der Waals surface area contributed by atoms with Gasteiger partial charge < -0.3 is 5.73 Å². The summed E-state index contributed by atoms with van der Waals surface area (Å²) < 4.78 is 0. The first kappa shape index (κ1) is 15.2. The summed E-state index contributed by atoms with van der Waals surface area (Å²) in [5.41, 5.74) is 8.45. The van der Waals surface area contributed by atoms with Gasteiger partial charge in [-0.1, -0.05) is 51.1 Å². The maximum atomic E-state index is 5.87. The van der Waals surface area contributed by atoms with Crippen LogP contribution in [0.25, 0.3) is 0 Å². The minimum atomic E-state index is 0.0310. The number of rotatable bonds is 6. The molecule has 3 heteroatoms. The smallest absolute Gasteiger partial charge is 0.104 e. The lowest BCUT2D eigenvalue weighted by Crippen LogP contribution is -2.25. The zero-order valence-corrected chi connectivity index (χ0v) is 13.5. The second-order valence-electron chi connectivity index (χ2n) is 5.10. The first-order valence-electron chi connectivity index (χ1n) is 7.46. The second kappa shape index (κ2) is 6.51. The molecule has 1 heterocycles. The number of aryl methyl sites for hydroxylation is 1. The van der Waals surface area contributed by atoms with Gasteiger partial charge in [0, 0.05) is 16.8 Å². The first-order chi connectivity index (χ1) is 9.71. The molecule has 1 aromatic heterocycles. The Morgan fingerprint density at radius 1 is 1.10 bits per heavy atom. The summed E-state index contributed by atoms with van der Waals surface area (Å²) in [5, 5.41) is 1.23. The van der Waals surface area contributed by atoms with Gasteiger partial charge in [0.2, 0.25) is 0 Å². The predicted octanol–water partition coefficient (Wildman–Crippen LogP) is 4.27. The quantitative estimate of drug-likeness (QED) is 0.862. The molecule has 0 saturated heterocycles. The van der Waals surface area contributed by atoms with Crippen molar-refractivity contribution in [2.75, 3.05) is 0 Å². The van der Waals surface area contributed by atoms with Crippen LogP contribution in [0.5, 0.6) is 0 Å². The molecule has 0 amide bonds. The van der Waals surface area contributed by atoms with Crippen molar-refractivity contribution in [1.29, 1.82) is 0 Å². The van der Waals surface area contributed by atoms with Crippen molar-refractivity contribution >= 4 is 11.3 Å². The van der Waals surface area contributed by atoms with E-state index in [9.17, 15) is 0 Å². The molecule has 0 atom stereocenters. The maximum absolute atomic E-state index is 5.87. The van der Waals surface area contributed by atoms with E-state index in [2.05, 4.69) is 51.1 Å². The van der Waals surface area contributed by atoms with Crippen LogP contribution in [-0.4, -0.2) is 4.98 Å². The molecule has 20 heavy (non-hydrogen) atoms. The van der Waals surface area contributed by atoms with Crippen LogP contribution in [0.15, 0.2) is 30.3 Å². The van der Waals surface area contributed by atoms with Crippen LogP contribution in [0.1, 0.15) is 54.8 Å². The molecule has 1 aromatic carbocycles. The topological polar surface area (TPSA) is 38.9 Å². The Morgan fingerprint density at radius 3 is 2.20 bits per heavy atom. The van der Waals surface area contributed by atoms with E-state index in [1.807, 2.05) is 0 Å². The fraction of sp³-hybridized carbons (Fsp3) is 0.471. The van der Waals surface area contributed by atoms with Crippen molar-refractivity contribution in [2.45, 2.75) is 52.0 Å². The third-order valence-corrected chi connectivity index (χ3v) is 5.57. The number of thiazole rings is 1. The molecule has 2 rings (SSSR count). The van der Waals surface area contributed by atoms with Crippen LogP contribution in [0.3, 0.4) is 0 Å². The average Bonchev–Trinajstić information content (AvgIpc) is 2.94. The normalized spacial score (nSPS) is 11.8. The van der Waals surface area contributed by atoms with E-state index in [0.29, 0.717) is 6.54 Å². The van der Waals surface area contributed by atoms with Gasteiger partial charge in [0.1, 0.15) is 5.01 Å². The van der Waals surface area contributed by atoms with Crippen molar-refractivity contribution in [3.05, 3.63) is 51.5 Å². The number of hydrogen-bond donors (Lipinski definition) is 1. The molecular weight excluding hydrogens is 264 g/mol. The zero-order chi connectivity index (χ0) is 14.6. The van der Waals surface area contributed by atoms with Gasteiger partial charge in [-0.25, -0.2) is 4.98 Å². The summed E-state index contributed by atoms with van der Waals surface area (Å²) in [6, 6.07) is 10.8. The van der Waals surface area contributed by atoms with Gasteiger partial charge in [0.25, 0.3) is 0 Å². The summed E-state index contributed by atoms with van der Waals surface area (Å²) in [5.74, 6) is 0. The molecule has 0 aliphatic carbocycles. The number of nitrogens with zero attached hydrogens (tertiary/aromatic N) is 1. The van der Waals surface area contributed by atoms with Crippen LogP contribution < -0.4 is 5.73 Å². The van der Waals surface area contributed by atoms with Crippen molar-refractivity contribution in [1.82, 2.24) is 4.98 Å². The molecule has 0 radical (unpaired) electrons. The third kappa shape index (κ3) is 2.52. The molecular formula is C17H24N2S. The van der Waals surface area contributed by atoms with E-state index in [-0.39, 0.29) is 5.41 Å². The highest BCUT2D eigenvalue weighted by atomic mass is 32.1. The first-order valence-corrected chi connectivity index (χ1v) is 8.28.